The summed E-state index contributed by atoms with van der Waals surface area (Å²) in [5, 5.41) is 13.2. The number of nitrogens with one attached hydrogen (secondary N) is 1. The van der Waals surface area contributed by atoms with Crippen LogP contribution in [0.3, 0.4) is 0 Å². The number of nitrogens with zero attached hydrogens (tertiary/aromatic N) is 5. The van der Waals surface area contributed by atoms with Gasteiger partial charge in [0.05, 0.1) is 38.6 Å². The average molecular weight is 465 g/mol. The van der Waals surface area contributed by atoms with E-state index in [0.717, 1.165) is 47.7 Å². The molecule has 0 unspecified atom stereocenters. The quantitative estimate of drug-likeness (QED) is 0.381. The highest BCUT2D eigenvalue weighted by molar-refractivity contribution is 5.80. The molecule has 1 aliphatic rings. The molecule has 0 saturated carbocycles. The molecule has 4 aromatic rings. The van der Waals surface area contributed by atoms with Crippen molar-refractivity contribution >= 4 is 10.9 Å². The molecule has 0 aliphatic carbocycles. The van der Waals surface area contributed by atoms with Crippen molar-refractivity contribution in [3.05, 3.63) is 70.2 Å². The molecule has 1 N–H and O–H groups in total. The molecule has 178 valence electrons. The molecule has 1 saturated heterocycles. The second-order valence-electron chi connectivity index (χ2n) is 8.44. The van der Waals surface area contributed by atoms with Crippen molar-refractivity contribution in [1.29, 1.82) is 0 Å². The largest absolute Gasteiger partial charge is 0.494 e. The molecule has 1 fully saturated rings. The summed E-state index contributed by atoms with van der Waals surface area (Å²) in [6, 6.07) is 11.4. The Morgan fingerprint density at radius 1 is 1.24 bits per heavy atom. The van der Waals surface area contributed by atoms with Crippen molar-refractivity contribution < 1.29 is 13.9 Å². The first-order valence-corrected chi connectivity index (χ1v) is 11.6. The van der Waals surface area contributed by atoms with Crippen LogP contribution in [-0.4, -0.2) is 49.4 Å². The van der Waals surface area contributed by atoms with E-state index in [1.165, 1.54) is 0 Å². The first-order chi connectivity index (χ1) is 16.7. The third-order valence-electron chi connectivity index (χ3n) is 5.93. The van der Waals surface area contributed by atoms with E-state index in [0.29, 0.717) is 38.3 Å². The fraction of sp³-hybridized carbons (Fsp3) is 0.417. The zero-order valence-corrected chi connectivity index (χ0v) is 19.1. The highest BCUT2D eigenvalue weighted by atomic mass is 16.5. The van der Waals surface area contributed by atoms with Crippen molar-refractivity contribution in [3.63, 3.8) is 0 Å². The number of furan rings is 1. The first kappa shape index (κ1) is 22.3. The van der Waals surface area contributed by atoms with Gasteiger partial charge in [-0.3, -0.25) is 9.69 Å². The fourth-order valence-electron chi connectivity index (χ4n) is 4.29. The summed E-state index contributed by atoms with van der Waals surface area (Å²) in [7, 11) is 0. The minimum atomic E-state index is -0.125. The van der Waals surface area contributed by atoms with Gasteiger partial charge >= 0.3 is 0 Å². The van der Waals surface area contributed by atoms with E-state index < -0.39 is 0 Å². The van der Waals surface area contributed by atoms with Crippen molar-refractivity contribution in [1.82, 2.24) is 30.1 Å². The van der Waals surface area contributed by atoms with Gasteiger partial charge in [-0.05, 0) is 66.6 Å². The number of ether oxygens (including phenoxy) is 2. The summed E-state index contributed by atoms with van der Waals surface area (Å²) >= 11 is 0. The molecule has 10 heteroatoms. The lowest BCUT2D eigenvalue weighted by Gasteiger charge is -2.21. The predicted molar refractivity (Wildman–Crippen MR) is 124 cm³/mol. The van der Waals surface area contributed by atoms with Crippen LogP contribution in [0.15, 0.2) is 51.9 Å². The maximum Gasteiger partial charge on any atom is 0.252 e. The van der Waals surface area contributed by atoms with E-state index in [1.54, 1.807) is 10.9 Å². The van der Waals surface area contributed by atoms with Gasteiger partial charge in [-0.15, -0.1) is 5.10 Å². The van der Waals surface area contributed by atoms with Crippen molar-refractivity contribution in [2.24, 2.45) is 0 Å². The topological polar surface area (TPSA) is 111 Å². The van der Waals surface area contributed by atoms with Crippen LogP contribution in [-0.2, 0) is 30.9 Å². The van der Waals surface area contributed by atoms with Gasteiger partial charge in [-0.25, -0.2) is 4.68 Å². The van der Waals surface area contributed by atoms with Crippen molar-refractivity contribution in [2.75, 3.05) is 13.2 Å². The average Bonchev–Trinajstić information content (AvgIpc) is 3.60. The van der Waals surface area contributed by atoms with Crippen molar-refractivity contribution in [2.45, 2.75) is 52.0 Å². The second kappa shape index (κ2) is 10.2. The molecule has 3 aromatic heterocycles. The standard InChI is InChI=1S/C24H28N6O4/c1-2-32-19-7-8-22-17(12-19)11-18(24(31)25-22)13-29(14-20-5-3-9-33-20)16-23-26-27-28-30(23)15-21-6-4-10-34-21/h3,5,7-9,11-12,21H,2,4,6,10,13-16H2,1H3,(H,25,31)/t21-/m1/s1. The number of pyridine rings is 1. The van der Waals surface area contributed by atoms with Crippen LogP contribution in [0, 0.1) is 0 Å². The lowest BCUT2D eigenvalue weighted by Crippen LogP contribution is -2.28. The summed E-state index contributed by atoms with van der Waals surface area (Å²) in [6.07, 6.45) is 3.84. The van der Waals surface area contributed by atoms with Crippen LogP contribution in [0.4, 0.5) is 0 Å². The minimum Gasteiger partial charge on any atom is -0.494 e. The Bertz CT molecular complexity index is 1280. The van der Waals surface area contributed by atoms with Gasteiger partial charge < -0.3 is 18.9 Å². The monoisotopic (exact) mass is 464 g/mol. The number of benzene rings is 1. The van der Waals surface area contributed by atoms with Crippen LogP contribution in [0.25, 0.3) is 10.9 Å². The number of rotatable bonds is 10. The maximum atomic E-state index is 12.9. The molecular formula is C24H28N6O4. The van der Waals surface area contributed by atoms with Gasteiger partial charge in [0.2, 0.25) is 0 Å². The molecule has 0 spiro atoms. The van der Waals surface area contributed by atoms with Gasteiger partial charge in [0.25, 0.3) is 5.56 Å². The van der Waals surface area contributed by atoms with Gasteiger partial charge in [0.1, 0.15) is 11.5 Å². The van der Waals surface area contributed by atoms with Crippen molar-refractivity contribution in [3.8, 4) is 5.75 Å². The third kappa shape index (κ3) is 5.18. The summed E-state index contributed by atoms with van der Waals surface area (Å²) in [4.78, 5) is 18.0. The first-order valence-electron chi connectivity index (χ1n) is 11.6. The Morgan fingerprint density at radius 2 is 2.18 bits per heavy atom. The van der Waals surface area contributed by atoms with E-state index >= 15 is 0 Å². The van der Waals surface area contributed by atoms with Gasteiger partial charge in [-0.1, -0.05) is 0 Å². The summed E-state index contributed by atoms with van der Waals surface area (Å²) in [6.45, 7) is 5.29. The van der Waals surface area contributed by atoms with Gasteiger partial charge in [0.15, 0.2) is 5.82 Å². The van der Waals surface area contributed by atoms with Crippen LogP contribution >= 0.6 is 0 Å². The molecule has 0 radical (unpaired) electrons. The van der Waals surface area contributed by atoms with E-state index in [1.807, 2.05) is 43.3 Å². The van der Waals surface area contributed by atoms with Gasteiger partial charge in [-0.2, -0.15) is 0 Å². The molecule has 1 aliphatic heterocycles. The molecule has 0 bridgehead atoms. The number of hydrogen-bond acceptors (Lipinski definition) is 8. The highest BCUT2D eigenvalue weighted by Gasteiger charge is 2.21. The summed E-state index contributed by atoms with van der Waals surface area (Å²) in [5.41, 5.74) is 1.29. The number of fused-ring (bicyclic) bond motifs is 1. The number of aromatic nitrogens is 5. The Labute approximate surface area is 196 Å². The molecule has 4 heterocycles. The highest BCUT2D eigenvalue weighted by Crippen LogP contribution is 2.21. The summed E-state index contributed by atoms with van der Waals surface area (Å²) in [5.74, 6) is 2.29. The Hall–Kier alpha value is -3.50. The van der Waals surface area contributed by atoms with E-state index in [2.05, 4.69) is 25.4 Å². The smallest absolute Gasteiger partial charge is 0.252 e. The molecular weight excluding hydrogens is 436 g/mol. The fourth-order valence-corrected chi connectivity index (χ4v) is 4.29. The Morgan fingerprint density at radius 3 is 2.97 bits per heavy atom. The molecule has 1 atom stereocenters. The molecule has 34 heavy (non-hydrogen) atoms. The third-order valence-corrected chi connectivity index (χ3v) is 5.93. The lowest BCUT2D eigenvalue weighted by atomic mass is 10.1. The normalized spacial score (nSPS) is 16.0. The number of H-pyrrole nitrogens is 1. The van der Waals surface area contributed by atoms with E-state index in [4.69, 9.17) is 13.9 Å². The zero-order valence-electron chi connectivity index (χ0n) is 19.1. The maximum absolute atomic E-state index is 12.9. The summed E-state index contributed by atoms with van der Waals surface area (Å²) < 4.78 is 18.7. The number of aromatic amines is 1. The Balaban J connectivity index is 1.40. The predicted octanol–water partition coefficient (Wildman–Crippen LogP) is 2.89. The van der Waals surface area contributed by atoms with E-state index in [9.17, 15) is 4.79 Å². The number of hydrogen-bond donors (Lipinski definition) is 1. The molecule has 10 nitrogen and oxygen atoms in total. The second-order valence-corrected chi connectivity index (χ2v) is 8.44. The van der Waals surface area contributed by atoms with E-state index in [-0.39, 0.29) is 11.7 Å². The Kier molecular flexibility index (Phi) is 6.68. The van der Waals surface area contributed by atoms with Gasteiger partial charge in [0, 0.05) is 29.6 Å². The van der Waals surface area contributed by atoms with Crippen LogP contribution in [0.2, 0.25) is 0 Å². The van der Waals surface area contributed by atoms with Crippen LogP contribution in [0.1, 0.15) is 36.9 Å². The van der Waals surface area contributed by atoms with Crippen LogP contribution < -0.4 is 10.3 Å². The molecule has 1 aromatic carbocycles. The molecule has 0 amide bonds. The zero-order chi connectivity index (χ0) is 23.3. The SMILES string of the molecule is CCOc1ccc2[nH]c(=O)c(CN(Cc3ccco3)Cc3nnnn3C[C@H]3CCCO3)cc2c1. The minimum absolute atomic E-state index is 0.125. The molecule has 5 rings (SSSR count). The lowest BCUT2D eigenvalue weighted by molar-refractivity contribution is 0.0913. The number of tetrazole rings is 1. The van der Waals surface area contributed by atoms with Crippen LogP contribution in [0.5, 0.6) is 5.75 Å².